The number of rotatable bonds is 4. The van der Waals surface area contributed by atoms with E-state index >= 15 is 0 Å². The summed E-state index contributed by atoms with van der Waals surface area (Å²) >= 11 is 5.90. The van der Waals surface area contributed by atoms with Crippen molar-refractivity contribution in [3.05, 3.63) is 65.1 Å². The summed E-state index contributed by atoms with van der Waals surface area (Å²) in [6.07, 6.45) is 8.06. The van der Waals surface area contributed by atoms with Gasteiger partial charge in [0.05, 0.1) is 6.20 Å². The zero-order valence-electron chi connectivity index (χ0n) is 15.3. The van der Waals surface area contributed by atoms with Crippen LogP contribution in [0.15, 0.2) is 48.8 Å². The third-order valence-electron chi connectivity index (χ3n) is 5.68. The second-order valence-corrected chi connectivity index (χ2v) is 7.79. The first-order valence-electron chi connectivity index (χ1n) is 9.47. The molecule has 1 atom stereocenters. The van der Waals surface area contributed by atoms with Crippen molar-refractivity contribution in [3.8, 4) is 0 Å². The molecule has 4 rings (SSSR count). The predicted molar refractivity (Wildman–Crippen MR) is 106 cm³/mol. The maximum absolute atomic E-state index is 12.4. The van der Waals surface area contributed by atoms with E-state index in [9.17, 15) is 4.79 Å². The molecule has 1 saturated carbocycles. The molecule has 1 aliphatic rings. The quantitative estimate of drug-likeness (QED) is 0.723. The summed E-state index contributed by atoms with van der Waals surface area (Å²) < 4.78 is 1.96. The molecule has 140 valence electrons. The minimum atomic E-state index is -0.0336. The number of carbonyl (C=O) groups excluding carboxylic acids is 1. The van der Waals surface area contributed by atoms with E-state index in [-0.39, 0.29) is 11.9 Å². The molecule has 0 spiro atoms. The Kier molecular flexibility index (Phi) is 5.12. The number of fused-ring (bicyclic) bond motifs is 1. The van der Waals surface area contributed by atoms with Crippen LogP contribution in [0.1, 0.15) is 54.6 Å². The van der Waals surface area contributed by atoms with Gasteiger partial charge in [0.2, 0.25) is 0 Å². The van der Waals surface area contributed by atoms with Gasteiger partial charge in [-0.3, -0.25) is 4.79 Å². The molecule has 6 heteroatoms. The first-order valence-corrected chi connectivity index (χ1v) is 9.84. The average molecular weight is 383 g/mol. The molecule has 2 aromatic heterocycles. The maximum atomic E-state index is 12.4. The third kappa shape index (κ3) is 3.83. The highest BCUT2D eigenvalue weighted by atomic mass is 35.5. The van der Waals surface area contributed by atoms with Crippen molar-refractivity contribution in [3.63, 3.8) is 0 Å². The molecule has 1 N–H and O–H groups in total. The Labute approximate surface area is 163 Å². The van der Waals surface area contributed by atoms with Gasteiger partial charge < -0.3 is 5.32 Å². The lowest BCUT2D eigenvalue weighted by molar-refractivity contribution is 0.0917. The van der Waals surface area contributed by atoms with Crippen LogP contribution in [0.25, 0.3) is 5.65 Å². The Hall–Kier alpha value is -2.40. The molecule has 0 radical (unpaired) electrons. The minimum Gasteiger partial charge on any atom is -0.349 e. The van der Waals surface area contributed by atoms with Gasteiger partial charge >= 0.3 is 0 Å². The molecule has 1 aromatic carbocycles. The van der Waals surface area contributed by atoms with Gasteiger partial charge in [0.25, 0.3) is 5.91 Å². The zero-order valence-corrected chi connectivity index (χ0v) is 16.1. The van der Waals surface area contributed by atoms with Gasteiger partial charge in [-0.15, -0.1) is 0 Å². The van der Waals surface area contributed by atoms with Gasteiger partial charge in [-0.25, -0.2) is 9.50 Å². The fourth-order valence-electron chi connectivity index (χ4n) is 4.09. The van der Waals surface area contributed by atoms with Crippen molar-refractivity contribution in [1.82, 2.24) is 19.9 Å². The third-order valence-corrected chi connectivity index (χ3v) is 5.93. The standard InChI is InChI=1S/C21H23ClN4O/c1-14(25-21(27)17-6-8-18(22)9-7-17)15-2-4-16(5-3-15)19-10-12-23-20-11-13-24-26(19)20/h6-16H,2-5H2,1H3,(H,25,27)/t14-,15-,16+/m1/s1. The molecule has 0 unspecified atom stereocenters. The van der Waals surface area contributed by atoms with Crippen molar-refractivity contribution in [2.24, 2.45) is 5.92 Å². The molecule has 0 aliphatic heterocycles. The molecule has 0 bridgehead atoms. The van der Waals surface area contributed by atoms with Crippen molar-refractivity contribution < 1.29 is 4.79 Å². The van der Waals surface area contributed by atoms with Crippen LogP contribution in [0.3, 0.4) is 0 Å². The van der Waals surface area contributed by atoms with Crippen molar-refractivity contribution in [1.29, 1.82) is 0 Å². The number of aromatic nitrogens is 3. The molecule has 27 heavy (non-hydrogen) atoms. The summed E-state index contributed by atoms with van der Waals surface area (Å²) in [5.74, 6) is 0.951. The van der Waals surface area contributed by atoms with E-state index in [0.29, 0.717) is 22.4 Å². The lowest BCUT2D eigenvalue weighted by Crippen LogP contribution is -2.39. The average Bonchev–Trinajstić information content (AvgIpc) is 3.17. The Morgan fingerprint density at radius 3 is 2.59 bits per heavy atom. The van der Waals surface area contributed by atoms with Gasteiger partial charge in [-0.05, 0) is 68.9 Å². The molecule has 3 aromatic rings. The highest BCUT2D eigenvalue weighted by Crippen LogP contribution is 2.37. The van der Waals surface area contributed by atoms with E-state index in [1.807, 2.05) is 16.8 Å². The predicted octanol–water partition coefficient (Wildman–Crippen LogP) is 4.48. The fourth-order valence-corrected chi connectivity index (χ4v) is 4.21. The summed E-state index contributed by atoms with van der Waals surface area (Å²) in [4.78, 5) is 16.8. The molecule has 1 aliphatic carbocycles. The van der Waals surface area contributed by atoms with E-state index in [1.54, 1.807) is 30.5 Å². The normalized spacial score (nSPS) is 21.1. The van der Waals surface area contributed by atoms with E-state index < -0.39 is 0 Å². The number of hydrogen-bond acceptors (Lipinski definition) is 3. The number of benzene rings is 1. The summed E-state index contributed by atoms with van der Waals surface area (Å²) in [5.41, 5.74) is 2.79. The Balaban J connectivity index is 1.36. The zero-order chi connectivity index (χ0) is 18.8. The number of halogens is 1. The van der Waals surface area contributed by atoms with Crippen molar-refractivity contribution in [2.75, 3.05) is 0 Å². The highest BCUT2D eigenvalue weighted by Gasteiger charge is 2.28. The molecule has 0 saturated heterocycles. The highest BCUT2D eigenvalue weighted by molar-refractivity contribution is 6.30. The second kappa shape index (κ2) is 7.69. The van der Waals surface area contributed by atoms with Crippen LogP contribution in [-0.4, -0.2) is 26.5 Å². The summed E-state index contributed by atoms with van der Waals surface area (Å²) in [7, 11) is 0. The maximum Gasteiger partial charge on any atom is 0.251 e. The van der Waals surface area contributed by atoms with Crippen LogP contribution >= 0.6 is 11.6 Å². The van der Waals surface area contributed by atoms with Gasteiger partial charge in [-0.1, -0.05) is 11.6 Å². The number of carbonyl (C=O) groups is 1. The SMILES string of the molecule is C[C@@H](NC(=O)c1ccc(Cl)cc1)[C@H]1CC[C@@H](c2ccnc3ccnn32)CC1. The van der Waals surface area contributed by atoms with Crippen LogP contribution < -0.4 is 5.32 Å². The van der Waals surface area contributed by atoms with Gasteiger partial charge in [0.1, 0.15) is 0 Å². The van der Waals surface area contributed by atoms with Crippen LogP contribution in [0.2, 0.25) is 5.02 Å². The monoisotopic (exact) mass is 382 g/mol. The van der Waals surface area contributed by atoms with E-state index in [0.717, 1.165) is 31.3 Å². The van der Waals surface area contributed by atoms with Crippen molar-refractivity contribution in [2.45, 2.75) is 44.6 Å². The Bertz CT molecular complexity index is 929. The molecular formula is C21H23ClN4O. The van der Waals surface area contributed by atoms with Gasteiger partial charge in [0.15, 0.2) is 5.65 Å². The Morgan fingerprint density at radius 1 is 1.11 bits per heavy atom. The first-order chi connectivity index (χ1) is 13.1. The van der Waals surface area contributed by atoms with E-state index in [4.69, 9.17) is 11.6 Å². The summed E-state index contributed by atoms with van der Waals surface area (Å²) in [6.45, 7) is 2.11. The van der Waals surface area contributed by atoms with E-state index in [2.05, 4.69) is 28.4 Å². The summed E-state index contributed by atoms with van der Waals surface area (Å²) in [6, 6.07) is 11.2. The van der Waals surface area contributed by atoms with Crippen LogP contribution in [0.5, 0.6) is 0 Å². The molecule has 5 nitrogen and oxygen atoms in total. The van der Waals surface area contributed by atoms with Gasteiger partial charge in [-0.2, -0.15) is 5.10 Å². The van der Waals surface area contributed by atoms with Crippen LogP contribution in [0, 0.1) is 5.92 Å². The fraction of sp³-hybridized carbons (Fsp3) is 0.381. The number of nitrogens with zero attached hydrogens (tertiary/aromatic N) is 3. The topological polar surface area (TPSA) is 59.3 Å². The molecular weight excluding hydrogens is 360 g/mol. The second-order valence-electron chi connectivity index (χ2n) is 7.35. The first kappa shape index (κ1) is 18.0. The smallest absolute Gasteiger partial charge is 0.251 e. The van der Waals surface area contributed by atoms with Crippen molar-refractivity contribution >= 4 is 23.2 Å². The van der Waals surface area contributed by atoms with Gasteiger partial charge in [0, 0.05) is 40.5 Å². The van der Waals surface area contributed by atoms with Crippen LogP contribution in [-0.2, 0) is 0 Å². The van der Waals surface area contributed by atoms with E-state index in [1.165, 1.54) is 5.69 Å². The Morgan fingerprint density at radius 2 is 1.85 bits per heavy atom. The molecule has 1 amide bonds. The lowest BCUT2D eigenvalue weighted by atomic mass is 9.77. The summed E-state index contributed by atoms with van der Waals surface area (Å²) in [5, 5.41) is 8.21. The number of hydrogen-bond donors (Lipinski definition) is 1. The minimum absolute atomic E-state index is 0.0336. The lowest BCUT2D eigenvalue weighted by Gasteiger charge is -2.32. The molecule has 1 fully saturated rings. The number of nitrogens with one attached hydrogen (secondary N) is 1. The number of amides is 1. The molecule has 2 heterocycles. The van der Waals surface area contributed by atoms with Crippen LogP contribution in [0.4, 0.5) is 0 Å². The largest absolute Gasteiger partial charge is 0.349 e.